The Morgan fingerprint density at radius 2 is 2.16 bits per heavy atom. The van der Waals surface area contributed by atoms with Crippen molar-refractivity contribution in [3.63, 3.8) is 0 Å². The zero-order valence-corrected chi connectivity index (χ0v) is 15.4. The molecular formula is C18H23FN4OS. The Morgan fingerprint density at radius 1 is 1.40 bits per heavy atom. The molecule has 2 heterocycles. The van der Waals surface area contributed by atoms with Crippen LogP contribution in [0, 0.1) is 11.7 Å². The standard InChI is InChI=1S/C18H23FN4OS/c1-12(2)11-20-17(24)15-4-3-9-23(15)18-21-16(22-25-18)10-13-5-7-14(19)8-6-13/h5-8,12,15H,3-4,9-11H2,1-2H3,(H,20,24). The molecule has 0 aliphatic carbocycles. The highest BCUT2D eigenvalue weighted by atomic mass is 32.1. The van der Waals surface area contributed by atoms with Gasteiger partial charge in [0, 0.05) is 31.0 Å². The molecule has 0 saturated carbocycles. The number of nitrogens with one attached hydrogen (secondary N) is 1. The molecule has 25 heavy (non-hydrogen) atoms. The number of hydrogen-bond acceptors (Lipinski definition) is 5. The minimum atomic E-state index is -0.247. The van der Waals surface area contributed by atoms with Crippen molar-refractivity contribution in [3.8, 4) is 0 Å². The van der Waals surface area contributed by atoms with Gasteiger partial charge in [0.15, 0.2) is 0 Å². The lowest BCUT2D eigenvalue weighted by molar-refractivity contribution is -0.122. The molecule has 1 N–H and O–H groups in total. The van der Waals surface area contributed by atoms with Crippen LogP contribution in [0.1, 0.15) is 38.1 Å². The molecule has 134 valence electrons. The van der Waals surface area contributed by atoms with Gasteiger partial charge in [0.1, 0.15) is 17.7 Å². The maximum atomic E-state index is 13.0. The number of carbonyl (C=O) groups is 1. The smallest absolute Gasteiger partial charge is 0.242 e. The Bertz CT molecular complexity index is 716. The van der Waals surface area contributed by atoms with E-state index >= 15 is 0 Å². The number of hydrogen-bond donors (Lipinski definition) is 1. The summed E-state index contributed by atoms with van der Waals surface area (Å²) >= 11 is 1.33. The van der Waals surface area contributed by atoms with E-state index in [0.717, 1.165) is 30.1 Å². The summed E-state index contributed by atoms with van der Waals surface area (Å²) in [6, 6.07) is 6.21. The number of carbonyl (C=O) groups excluding carboxylic acids is 1. The molecule has 1 saturated heterocycles. The van der Waals surface area contributed by atoms with Gasteiger partial charge in [0.05, 0.1) is 0 Å². The summed E-state index contributed by atoms with van der Waals surface area (Å²) in [4.78, 5) is 19.1. The van der Waals surface area contributed by atoms with E-state index in [1.807, 2.05) is 0 Å². The summed E-state index contributed by atoms with van der Waals surface area (Å²) in [6.07, 6.45) is 2.39. The largest absolute Gasteiger partial charge is 0.354 e. The molecule has 7 heteroatoms. The lowest BCUT2D eigenvalue weighted by atomic mass is 10.1. The van der Waals surface area contributed by atoms with Gasteiger partial charge in [-0.25, -0.2) is 9.37 Å². The van der Waals surface area contributed by atoms with Crippen molar-refractivity contribution in [3.05, 3.63) is 41.5 Å². The molecule has 2 aromatic rings. The maximum absolute atomic E-state index is 13.0. The van der Waals surface area contributed by atoms with E-state index in [-0.39, 0.29) is 17.8 Å². The third-order valence-electron chi connectivity index (χ3n) is 4.22. The molecule has 1 aromatic carbocycles. The number of benzene rings is 1. The lowest BCUT2D eigenvalue weighted by Crippen LogP contribution is -2.44. The molecule has 1 amide bonds. The van der Waals surface area contributed by atoms with Crippen LogP contribution < -0.4 is 10.2 Å². The van der Waals surface area contributed by atoms with Gasteiger partial charge in [0.2, 0.25) is 11.0 Å². The summed E-state index contributed by atoms with van der Waals surface area (Å²) in [5.74, 6) is 0.965. The Kier molecular flexibility index (Phi) is 5.63. The molecule has 1 aliphatic rings. The third kappa shape index (κ3) is 4.54. The second kappa shape index (κ2) is 7.91. The summed E-state index contributed by atoms with van der Waals surface area (Å²) in [7, 11) is 0. The van der Waals surface area contributed by atoms with E-state index < -0.39 is 0 Å². The van der Waals surface area contributed by atoms with E-state index in [2.05, 4.69) is 33.4 Å². The van der Waals surface area contributed by atoms with Crippen LogP contribution in [0.5, 0.6) is 0 Å². The van der Waals surface area contributed by atoms with Crippen molar-refractivity contribution in [1.29, 1.82) is 0 Å². The Hall–Kier alpha value is -2.02. The third-order valence-corrected chi connectivity index (χ3v) is 5.01. The Labute approximate surface area is 151 Å². The highest BCUT2D eigenvalue weighted by Crippen LogP contribution is 2.27. The number of aromatic nitrogens is 2. The highest BCUT2D eigenvalue weighted by Gasteiger charge is 2.32. The van der Waals surface area contributed by atoms with Crippen LogP contribution in [-0.4, -0.2) is 34.4 Å². The van der Waals surface area contributed by atoms with E-state index in [1.54, 1.807) is 12.1 Å². The fraction of sp³-hybridized carbons (Fsp3) is 0.500. The van der Waals surface area contributed by atoms with Crippen molar-refractivity contribution in [2.24, 2.45) is 5.92 Å². The Balaban J connectivity index is 1.66. The predicted octanol–water partition coefficient (Wildman–Crippen LogP) is 3.01. The highest BCUT2D eigenvalue weighted by molar-refractivity contribution is 7.09. The first-order valence-corrected chi connectivity index (χ1v) is 9.41. The quantitative estimate of drug-likeness (QED) is 0.858. The van der Waals surface area contributed by atoms with Gasteiger partial charge in [-0.3, -0.25) is 4.79 Å². The van der Waals surface area contributed by atoms with Gasteiger partial charge in [-0.1, -0.05) is 26.0 Å². The summed E-state index contributed by atoms with van der Waals surface area (Å²) < 4.78 is 17.4. The van der Waals surface area contributed by atoms with Crippen LogP contribution >= 0.6 is 11.5 Å². The minimum absolute atomic E-state index is 0.0708. The normalized spacial score (nSPS) is 17.3. The molecule has 1 fully saturated rings. The molecule has 1 aliphatic heterocycles. The van der Waals surface area contributed by atoms with Gasteiger partial charge >= 0.3 is 0 Å². The first-order valence-electron chi connectivity index (χ1n) is 8.64. The molecule has 0 bridgehead atoms. The molecule has 3 rings (SSSR count). The second-order valence-electron chi connectivity index (χ2n) is 6.79. The zero-order valence-electron chi connectivity index (χ0n) is 14.5. The molecule has 5 nitrogen and oxygen atoms in total. The number of rotatable bonds is 6. The van der Waals surface area contributed by atoms with E-state index in [0.29, 0.717) is 24.7 Å². The van der Waals surface area contributed by atoms with E-state index in [4.69, 9.17) is 0 Å². The van der Waals surface area contributed by atoms with Gasteiger partial charge < -0.3 is 10.2 Å². The average molecular weight is 362 g/mol. The molecule has 1 unspecified atom stereocenters. The van der Waals surface area contributed by atoms with Crippen LogP contribution in [0.4, 0.5) is 9.52 Å². The fourth-order valence-corrected chi connectivity index (χ4v) is 3.67. The lowest BCUT2D eigenvalue weighted by Gasteiger charge is -2.23. The molecule has 1 aromatic heterocycles. The number of anilines is 1. The van der Waals surface area contributed by atoms with Crippen molar-refractivity contribution in [2.45, 2.75) is 39.2 Å². The van der Waals surface area contributed by atoms with E-state index in [1.165, 1.54) is 23.7 Å². The SMILES string of the molecule is CC(C)CNC(=O)C1CCCN1c1nc(Cc2ccc(F)cc2)ns1. The topological polar surface area (TPSA) is 58.1 Å². The number of nitrogens with zero attached hydrogens (tertiary/aromatic N) is 3. The molecular weight excluding hydrogens is 339 g/mol. The van der Waals surface area contributed by atoms with Crippen molar-refractivity contribution >= 4 is 22.6 Å². The summed E-state index contributed by atoms with van der Waals surface area (Å²) in [5.41, 5.74) is 0.971. The van der Waals surface area contributed by atoms with Gasteiger partial charge in [-0.15, -0.1) is 0 Å². The van der Waals surface area contributed by atoms with Gasteiger partial charge in [-0.2, -0.15) is 4.37 Å². The number of amides is 1. The Morgan fingerprint density at radius 3 is 2.88 bits per heavy atom. The zero-order chi connectivity index (χ0) is 17.8. The van der Waals surface area contributed by atoms with Crippen LogP contribution in [0.25, 0.3) is 0 Å². The predicted molar refractivity (Wildman–Crippen MR) is 97.3 cm³/mol. The minimum Gasteiger partial charge on any atom is -0.354 e. The van der Waals surface area contributed by atoms with Crippen molar-refractivity contribution in [1.82, 2.24) is 14.7 Å². The van der Waals surface area contributed by atoms with Gasteiger partial charge in [0.25, 0.3) is 0 Å². The van der Waals surface area contributed by atoms with Crippen molar-refractivity contribution in [2.75, 3.05) is 18.0 Å². The average Bonchev–Trinajstić information content (AvgIpc) is 3.23. The monoisotopic (exact) mass is 362 g/mol. The summed E-state index contributed by atoms with van der Waals surface area (Å²) in [6.45, 7) is 5.68. The second-order valence-corrected chi connectivity index (χ2v) is 7.52. The first kappa shape index (κ1) is 17.8. The molecule has 0 spiro atoms. The fourth-order valence-electron chi connectivity index (χ4n) is 2.91. The van der Waals surface area contributed by atoms with Crippen molar-refractivity contribution < 1.29 is 9.18 Å². The van der Waals surface area contributed by atoms with E-state index in [9.17, 15) is 9.18 Å². The summed E-state index contributed by atoms with van der Waals surface area (Å²) in [5, 5.41) is 3.81. The van der Waals surface area contributed by atoms with Crippen LogP contribution in [0.2, 0.25) is 0 Å². The van der Waals surface area contributed by atoms with Gasteiger partial charge in [-0.05, 0) is 36.5 Å². The number of halogens is 1. The molecule has 1 atom stereocenters. The van der Waals surface area contributed by atoms with Crippen LogP contribution in [0.15, 0.2) is 24.3 Å². The van der Waals surface area contributed by atoms with Crippen LogP contribution in [0.3, 0.4) is 0 Å². The maximum Gasteiger partial charge on any atom is 0.242 e. The molecule has 0 radical (unpaired) electrons. The van der Waals surface area contributed by atoms with Crippen LogP contribution in [-0.2, 0) is 11.2 Å². The first-order chi connectivity index (χ1) is 12.0.